The molecule has 0 saturated heterocycles. The van der Waals surface area contributed by atoms with Crippen molar-refractivity contribution >= 4 is 12.3 Å². The molecule has 2 N–H and O–H groups in total. The molecule has 2 fully saturated rings. The molecule has 0 bridgehead atoms. The van der Waals surface area contributed by atoms with E-state index >= 15 is 0 Å². The second-order valence-corrected chi connectivity index (χ2v) is 6.29. The topological polar surface area (TPSA) is 93.1 Å². The van der Waals surface area contributed by atoms with E-state index < -0.39 is 12.3 Å². The molecule has 2 saturated carbocycles. The molecule has 2 aliphatic carbocycles. The maximum absolute atomic E-state index is 10.5. The van der Waals surface area contributed by atoms with Crippen molar-refractivity contribution in [3.8, 4) is 0 Å². The summed E-state index contributed by atoms with van der Waals surface area (Å²) in [7, 11) is 0. The van der Waals surface area contributed by atoms with Crippen molar-refractivity contribution in [1.29, 1.82) is 0 Å². The number of hydrogen-bond acceptors (Lipinski definition) is 4. The van der Waals surface area contributed by atoms with Gasteiger partial charge in [0.15, 0.2) is 0 Å². The molecule has 0 spiro atoms. The van der Waals surface area contributed by atoms with Crippen molar-refractivity contribution in [3.63, 3.8) is 0 Å². The Balaban J connectivity index is 1.64. The molecule has 2 rings (SSSR count). The van der Waals surface area contributed by atoms with Crippen LogP contribution in [0.4, 0.5) is 9.59 Å². The lowest BCUT2D eigenvalue weighted by atomic mass is 9.76. The van der Waals surface area contributed by atoms with Crippen molar-refractivity contribution in [2.45, 2.75) is 70.0 Å². The van der Waals surface area contributed by atoms with Gasteiger partial charge in [0.1, 0.15) is 12.2 Å². The highest BCUT2D eigenvalue weighted by Gasteiger charge is 2.29. The van der Waals surface area contributed by atoms with Crippen molar-refractivity contribution < 1.29 is 29.3 Å². The first-order chi connectivity index (χ1) is 10.0. The van der Waals surface area contributed by atoms with E-state index in [1.807, 2.05) is 0 Å². The summed E-state index contributed by atoms with van der Waals surface area (Å²) in [4.78, 5) is 21.0. The van der Waals surface area contributed by atoms with Gasteiger partial charge in [-0.15, -0.1) is 0 Å². The molecule has 0 aromatic heterocycles. The van der Waals surface area contributed by atoms with Crippen LogP contribution in [-0.2, 0) is 9.47 Å². The van der Waals surface area contributed by atoms with Crippen molar-refractivity contribution in [3.05, 3.63) is 0 Å². The fourth-order valence-electron chi connectivity index (χ4n) is 3.73. The lowest BCUT2D eigenvalue weighted by Gasteiger charge is -2.33. The van der Waals surface area contributed by atoms with Gasteiger partial charge in [0.25, 0.3) is 0 Å². The average Bonchev–Trinajstić information content (AvgIpc) is 2.42. The SMILES string of the molecule is O=C(O)OC1CCC(CC2CCC(OC(=O)O)CC2)CC1. The van der Waals surface area contributed by atoms with E-state index in [9.17, 15) is 9.59 Å². The summed E-state index contributed by atoms with van der Waals surface area (Å²) in [6.45, 7) is 0. The predicted octanol–water partition coefficient (Wildman–Crippen LogP) is 3.88. The summed E-state index contributed by atoms with van der Waals surface area (Å²) in [5.41, 5.74) is 0. The summed E-state index contributed by atoms with van der Waals surface area (Å²) >= 11 is 0. The van der Waals surface area contributed by atoms with Crippen LogP contribution in [-0.4, -0.2) is 34.7 Å². The maximum Gasteiger partial charge on any atom is 0.506 e. The van der Waals surface area contributed by atoms with Crippen LogP contribution in [0, 0.1) is 11.8 Å². The Labute approximate surface area is 124 Å². The summed E-state index contributed by atoms with van der Waals surface area (Å²) in [6.07, 6.45) is 6.01. The fraction of sp³-hybridized carbons (Fsp3) is 0.867. The van der Waals surface area contributed by atoms with Gasteiger partial charge in [-0.1, -0.05) is 0 Å². The Morgan fingerprint density at radius 2 is 1.05 bits per heavy atom. The smallest absolute Gasteiger partial charge is 0.450 e. The van der Waals surface area contributed by atoms with Crippen molar-refractivity contribution in [2.24, 2.45) is 11.8 Å². The third kappa shape index (κ3) is 5.44. The van der Waals surface area contributed by atoms with Crippen LogP contribution < -0.4 is 0 Å². The van der Waals surface area contributed by atoms with Gasteiger partial charge in [-0.05, 0) is 69.6 Å². The highest BCUT2D eigenvalue weighted by atomic mass is 16.7. The van der Waals surface area contributed by atoms with Crippen molar-refractivity contribution in [2.75, 3.05) is 0 Å². The first-order valence-corrected chi connectivity index (χ1v) is 7.82. The van der Waals surface area contributed by atoms with E-state index in [-0.39, 0.29) is 12.2 Å². The molecule has 0 aromatic rings. The van der Waals surface area contributed by atoms with Crippen LogP contribution in [0.15, 0.2) is 0 Å². The summed E-state index contributed by atoms with van der Waals surface area (Å²) < 4.78 is 9.65. The first kappa shape index (κ1) is 15.9. The molecule has 0 aromatic carbocycles. The molecule has 21 heavy (non-hydrogen) atoms. The Kier molecular flexibility index (Phi) is 5.70. The zero-order valence-electron chi connectivity index (χ0n) is 12.2. The Morgan fingerprint density at radius 3 is 1.33 bits per heavy atom. The molecule has 0 unspecified atom stereocenters. The fourth-order valence-corrected chi connectivity index (χ4v) is 3.73. The lowest BCUT2D eigenvalue weighted by Crippen LogP contribution is -2.27. The molecular formula is C15H24O6. The second kappa shape index (κ2) is 7.52. The van der Waals surface area contributed by atoms with Gasteiger partial charge in [0.05, 0.1) is 0 Å². The van der Waals surface area contributed by atoms with Crippen molar-refractivity contribution in [1.82, 2.24) is 0 Å². The van der Waals surface area contributed by atoms with Gasteiger partial charge >= 0.3 is 12.3 Å². The highest BCUT2D eigenvalue weighted by molar-refractivity contribution is 5.57. The minimum atomic E-state index is -1.17. The summed E-state index contributed by atoms with van der Waals surface area (Å²) in [5, 5.41) is 17.2. The zero-order chi connectivity index (χ0) is 15.2. The number of ether oxygens (including phenoxy) is 2. The zero-order valence-corrected chi connectivity index (χ0v) is 12.2. The number of rotatable bonds is 4. The number of hydrogen-bond donors (Lipinski definition) is 2. The van der Waals surface area contributed by atoms with Crippen LogP contribution in [0.2, 0.25) is 0 Å². The third-order valence-electron chi connectivity index (χ3n) is 4.79. The molecule has 2 aliphatic rings. The molecule has 0 aliphatic heterocycles. The summed E-state index contributed by atoms with van der Waals surface area (Å²) in [5.74, 6) is 1.31. The molecule has 0 radical (unpaired) electrons. The molecular weight excluding hydrogens is 276 g/mol. The van der Waals surface area contributed by atoms with Crippen LogP contribution in [0.1, 0.15) is 57.8 Å². The van der Waals surface area contributed by atoms with Crippen LogP contribution in [0.5, 0.6) is 0 Å². The van der Waals surface area contributed by atoms with Crippen LogP contribution in [0.25, 0.3) is 0 Å². The lowest BCUT2D eigenvalue weighted by molar-refractivity contribution is 0.0184. The first-order valence-electron chi connectivity index (χ1n) is 7.82. The molecule has 0 heterocycles. The minimum Gasteiger partial charge on any atom is -0.450 e. The van der Waals surface area contributed by atoms with Gasteiger partial charge < -0.3 is 19.7 Å². The van der Waals surface area contributed by atoms with Gasteiger partial charge in [-0.25, -0.2) is 9.59 Å². The van der Waals surface area contributed by atoms with E-state index in [1.165, 1.54) is 6.42 Å². The number of carbonyl (C=O) groups is 2. The second-order valence-electron chi connectivity index (χ2n) is 6.29. The standard InChI is InChI=1S/C15H24O6/c16-14(17)20-12-5-1-10(2-6-12)9-11-3-7-13(8-4-11)21-15(18)19/h10-13H,1-9H2,(H,16,17)(H,18,19). The van der Waals surface area contributed by atoms with Gasteiger partial charge in [-0.2, -0.15) is 0 Å². The number of carboxylic acid groups (broad SMARTS) is 2. The summed E-state index contributed by atoms with van der Waals surface area (Å²) in [6, 6.07) is 0. The van der Waals surface area contributed by atoms with Gasteiger partial charge in [0.2, 0.25) is 0 Å². The normalized spacial score (nSPS) is 33.1. The average molecular weight is 300 g/mol. The Bertz CT molecular complexity index is 319. The van der Waals surface area contributed by atoms with Crippen LogP contribution >= 0.6 is 0 Å². The molecule has 120 valence electrons. The van der Waals surface area contributed by atoms with E-state index in [1.54, 1.807) is 0 Å². The molecule has 6 nitrogen and oxygen atoms in total. The van der Waals surface area contributed by atoms with E-state index in [0.717, 1.165) is 51.4 Å². The molecule has 6 heteroatoms. The largest absolute Gasteiger partial charge is 0.506 e. The minimum absolute atomic E-state index is 0.126. The van der Waals surface area contributed by atoms with E-state index in [0.29, 0.717) is 11.8 Å². The monoisotopic (exact) mass is 300 g/mol. The van der Waals surface area contributed by atoms with E-state index in [2.05, 4.69) is 0 Å². The highest BCUT2D eigenvalue weighted by Crippen LogP contribution is 2.36. The maximum atomic E-state index is 10.5. The van der Waals surface area contributed by atoms with E-state index in [4.69, 9.17) is 19.7 Å². The Hall–Kier alpha value is -1.46. The predicted molar refractivity (Wildman–Crippen MR) is 74.3 cm³/mol. The van der Waals surface area contributed by atoms with Gasteiger partial charge in [0, 0.05) is 0 Å². The van der Waals surface area contributed by atoms with Gasteiger partial charge in [-0.3, -0.25) is 0 Å². The third-order valence-corrected chi connectivity index (χ3v) is 4.79. The molecule has 0 amide bonds. The molecule has 0 atom stereocenters. The quantitative estimate of drug-likeness (QED) is 0.765. The van der Waals surface area contributed by atoms with Crippen LogP contribution in [0.3, 0.4) is 0 Å². The Morgan fingerprint density at radius 1 is 0.714 bits per heavy atom.